The highest BCUT2D eigenvalue weighted by Gasteiger charge is 2.35. The van der Waals surface area contributed by atoms with Crippen molar-refractivity contribution in [2.75, 3.05) is 18.5 Å². The standard InChI is InChI=1S/C17H23FN2O/c1-19-17(8-3-2-4-9-17)12-16(21)20-10-7-13-5-6-14(18)11-15(13)20/h5-6,11,19H,2-4,7-10,12H2,1H3. The summed E-state index contributed by atoms with van der Waals surface area (Å²) in [5.41, 5.74) is 1.78. The zero-order chi connectivity index (χ0) is 14.9. The highest BCUT2D eigenvalue weighted by atomic mass is 19.1. The molecule has 3 rings (SSSR count). The molecule has 2 aliphatic rings. The molecule has 1 heterocycles. The summed E-state index contributed by atoms with van der Waals surface area (Å²) in [5, 5.41) is 3.39. The third-order valence-electron chi connectivity index (χ3n) is 5.07. The van der Waals surface area contributed by atoms with Gasteiger partial charge in [-0.3, -0.25) is 4.79 Å². The molecule has 0 bridgehead atoms. The van der Waals surface area contributed by atoms with Crippen molar-refractivity contribution in [3.63, 3.8) is 0 Å². The molecule has 21 heavy (non-hydrogen) atoms. The SMILES string of the molecule is CNC1(CC(=O)N2CCc3ccc(F)cc32)CCCCC1. The normalized spacial score (nSPS) is 20.4. The molecule has 1 amide bonds. The molecule has 0 atom stereocenters. The van der Waals surface area contributed by atoms with Gasteiger partial charge in [0.1, 0.15) is 5.82 Å². The molecule has 0 spiro atoms. The first-order valence-corrected chi connectivity index (χ1v) is 7.91. The van der Waals surface area contributed by atoms with E-state index in [1.807, 2.05) is 7.05 Å². The summed E-state index contributed by atoms with van der Waals surface area (Å²) in [6.45, 7) is 0.678. The van der Waals surface area contributed by atoms with Crippen LogP contribution in [-0.2, 0) is 11.2 Å². The lowest BCUT2D eigenvalue weighted by Gasteiger charge is -2.37. The van der Waals surface area contributed by atoms with Crippen LogP contribution in [0.3, 0.4) is 0 Å². The number of benzene rings is 1. The fraction of sp³-hybridized carbons (Fsp3) is 0.588. The van der Waals surface area contributed by atoms with Crippen LogP contribution in [0.2, 0.25) is 0 Å². The van der Waals surface area contributed by atoms with Crippen LogP contribution in [0.25, 0.3) is 0 Å². The number of halogens is 1. The van der Waals surface area contributed by atoms with E-state index in [4.69, 9.17) is 0 Å². The minimum absolute atomic E-state index is 0.0641. The Morgan fingerprint density at radius 3 is 2.81 bits per heavy atom. The molecule has 1 aliphatic carbocycles. The molecule has 1 N–H and O–H groups in total. The quantitative estimate of drug-likeness (QED) is 0.928. The van der Waals surface area contributed by atoms with Crippen molar-refractivity contribution < 1.29 is 9.18 Å². The summed E-state index contributed by atoms with van der Waals surface area (Å²) in [5.74, 6) is -0.148. The lowest BCUT2D eigenvalue weighted by Crippen LogP contribution is -2.48. The largest absolute Gasteiger partial charge is 0.314 e. The average Bonchev–Trinajstić information content (AvgIpc) is 2.91. The Hall–Kier alpha value is -1.42. The zero-order valence-corrected chi connectivity index (χ0v) is 12.6. The van der Waals surface area contributed by atoms with E-state index < -0.39 is 0 Å². The van der Waals surface area contributed by atoms with Crippen molar-refractivity contribution in [2.45, 2.75) is 50.5 Å². The third kappa shape index (κ3) is 2.82. The minimum Gasteiger partial charge on any atom is -0.314 e. The van der Waals surface area contributed by atoms with Crippen LogP contribution in [0.4, 0.5) is 10.1 Å². The van der Waals surface area contributed by atoms with Crippen LogP contribution in [0.1, 0.15) is 44.1 Å². The van der Waals surface area contributed by atoms with Crippen molar-refractivity contribution in [3.8, 4) is 0 Å². The molecule has 1 aliphatic heterocycles. The average molecular weight is 290 g/mol. The number of nitrogens with zero attached hydrogens (tertiary/aromatic N) is 1. The highest BCUT2D eigenvalue weighted by molar-refractivity contribution is 5.96. The van der Waals surface area contributed by atoms with E-state index >= 15 is 0 Å². The number of fused-ring (bicyclic) bond motifs is 1. The van der Waals surface area contributed by atoms with Gasteiger partial charge in [0.25, 0.3) is 0 Å². The topological polar surface area (TPSA) is 32.3 Å². The molecule has 0 aromatic heterocycles. The van der Waals surface area contributed by atoms with Gasteiger partial charge in [0.05, 0.1) is 0 Å². The maximum atomic E-state index is 13.4. The molecule has 1 aromatic carbocycles. The first-order chi connectivity index (χ1) is 10.1. The predicted molar refractivity (Wildman–Crippen MR) is 81.9 cm³/mol. The van der Waals surface area contributed by atoms with Gasteiger partial charge in [0.2, 0.25) is 5.91 Å². The summed E-state index contributed by atoms with van der Waals surface area (Å²) in [6.07, 6.45) is 7.07. The van der Waals surface area contributed by atoms with E-state index in [1.54, 1.807) is 11.0 Å². The van der Waals surface area contributed by atoms with E-state index in [0.717, 1.165) is 30.5 Å². The van der Waals surface area contributed by atoms with Crippen molar-refractivity contribution in [1.29, 1.82) is 0 Å². The molecule has 3 nitrogen and oxygen atoms in total. The van der Waals surface area contributed by atoms with Gasteiger partial charge in [0, 0.05) is 24.2 Å². The second-order valence-corrected chi connectivity index (χ2v) is 6.34. The molecule has 0 radical (unpaired) electrons. The maximum Gasteiger partial charge on any atom is 0.228 e. The number of rotatable bonds is 3. The second kappa shape index (κ2) is 5.76. The van der Waals surface area contributed by atoms with Gasteiger partial charge < -0.3 is 10.2 Å². The van der Waals surface area contributed by atoms with Crippen molar-refractivity contribution in [1.82, 2.24) is 5.32 Å². The molecular formula is C17H23FN2O. The number of carbonyl (C=O) groups is 1. The van der Waals surface area contributed by atoms with Crippen LogP contribution < -0.4 is 10.2 Å². The Labute approximate surface area is 125 Å². The third-order valence-corrected chi connectivity index (χ3v) is 5.07. The van der Waals surface area contributed by atoms with E-state index in [9.17, 15) is 9.18 Å². The van der Waals surface area contributed by atoms with Crippen LogP contribution >= 0.6 is 0 Å². The first kappa shape index (κ1) is 14.5. The number of hydrogen-bond acceptors (Lipinski definition) is 2. The smallest absolute Gasteiger partial charge is 0.228 e. The maximum absolute atomic E-state index is 13.4. The summed E-state index contributed by atoms with van der Waals surface area (Å²) in [6, 6.07) is 4.77. The summed E-state index contributed by atoms with van der Waals surface area (Å²) >= 11 is 0. The molecule has 1 fully saturated rings. The van der Waals surface area contributed by atoms with Gasteiger partial charge >= 0.3 is 0 Å². The Morgan fingerprint density at radius 2 is 2.10 bits per heavy atom. The summed E-state index contributed by atoms with van der Waals surface area (Å²) in [7, 11) is 1.95. The minimum atomic E-state index is -0.269. The van der Waals surface area contributed by atoms with Crippen molar-refractivity contribution >= 4 is 11.6 Å². The Kier molecular flexibility index (Phi) is 3.98. The Bertz CT molecular complexity index is 538. The van der Waals surface area contributed by atoms with Gasteiger partial charge in [-0.1, -0.05) is 25.3 Å². The Balaban J connectivity index is 1.76. The monoisotopic (exact) mass is 290 g/mol. The van der Waals surface area contributed by atoms with Gasteiger partial charge in [-0.25, -0.2) is 4.39 Å². The molecule has 0 unspecified atom stereocenters. The van der Waals surface area contributed by atoms with Crippen LogP contribution in [0.15, 0.2) is 18.2 Å². The number of anilines is 1. The molecule has 114 valence electrons. The number of amides is 1. The van der Waals surface area contributed by atoms with E-state index in [0.29, 0.717) is 13.0 Å². The molecule has 1 aromatic rings. The lowest BCUT2D eigenvalue weighted by atomic mass is 9.79. The number of nitrogens with one attached hydrogen (secondary N) is 1. The van der Waals surface area contributed by atoms with Gasteiger partial charge in [0.15, 0.2) is 0 Å². The van der Waals surface area contributed by atoms with E-state index in [1.165, 1.54) is 31.4 Å². The van der Waals surface area contributed by atoms with Gasteiger partial charge in [-0.15, -0.1) is 0 Å². The fourth-order valence-electron chi connectivity index (χ4n) is 3.74. The lowest BCUT2D eigenvalue weighted by molar-refractivity contribution is -0.120. The van der Waals surface area contributed by atoms with E-state index in [-0.39, 0.29) is 17.3 Å². The molecular weight excluding hydrogens is 267 g/mol. The van der Waals surface area contributed by atoms with Crippen molar-refractivity contribution in [3.05, 3.63) is 29.6 Å². The molecule has 4 heteroatoms. The first-order valence-electron chi connectivity index (χ1n) is 7.91. The molecule has 0 saturated heterocycles. The van der Waals surface area contributed by atoms with Crippen LogP contribution in [0.5, 0.6) is 0 Å². The Morgan fingerprint density at radius 1 is 1.33 bits per heavy atom. The van der Waals surface area contributed by atoms with Gasteiger partial charge in [-0.2, -0.15) is 0 Å². The number of hydrogen-bond donors (Lipinski definition) is 1. The van der Waals surface area contributed by atoms with Crippen LogP contribution in [-0.4, -0.2) is 25.0 Å². The fourth-order valence-corrected chi connectivity index (χ4v) is 3.74. The van der Waals surface area contributed by atoms with E-state index in [2.05, 4.69) is 5.32 Å². The van der Waals surface area contributed by atoms with Gasteiger partial charge in [-0.05, 0) is 44.0 Å². The zero-order valence-electron chi connectivity index (χ0n) is 12.6. The second-order valence-electron chi connectivity index (χ2n) is 6.34. The summed E-state index contributed by atoms with van der Waals surface area (Å²) < 4.78 is 13.4. The summed E-state index contributed by atoms with van der Waals surface area (Å²) in [4.78, 5) is 14.5. The number of carbonyl (C=O) groups excluding carboxylic acids is 1. The van der Waals surface area contributed by atoms with Crippen molar-refractivity contribution in [2.24, 2.45) is 0 Å². The highest BCUT2D eigenvalue weighted by Crippen LogP contribution is 2.34. The predicted octanol–water partition coefficient (Wildman–Crippen LogP) is 3.03. The van der Waals surface area contributed by atoms with Crippen LogP contribution in [0, 0.1) is 5.82 Å². The molecule has 1 saturated carbocycles.